The summed E-state index contributed by atoms with van der Waals surface area (Å²) in [4.78, 5) is 16.2. The van der Waals surface area contributed by atoms with Gasteiger partial charge in [0, 0.05) is 25.2 Å². The minimum absolute atomic E-state index is 0.0633. The Bertz CT molecular complexity index is 517. The Hall–Kier alpha value is -1.69. The van der Waals surface area contributed by atoms with Gasteiger partial charge in [-0.2, -0.15) is 11.8 Å². The summed E-state index contributed by atoms with van der Waals surface area (Å²) in [6.07, 6.45) is 5.92. The van der Waals surface area contributed by atoms with Gasteiger partial charge >= 0.3 is 0 Å². The Balaban J connectivity index is 2.47. The van der Waals surface area contributed by atoms with Crippen LogP contribution in [0.3, 0.4) is 0 Å². The highest BCUT2D eigenvalue weighted by atomic mass is 32.2. The largest absolute Gasteiger partial charge is 0.357 e. The fourth-order valence-electron chi connectivity index (χ4n) is 2.23. The molecule has 1 aromatic carbocycles. The molecule has 25 heavy (non-hydrogen) atoms. The lowest BCUT2D eigenvalue weighted by atomic mass is 10.2. The van der Waals surface area contributed by atoms with E-state index in [2.05, 4.69) is 34.1 Å². The maximum Gasteiger partial charge on any atom is 0.224 e. The number of nitrogens with one attached hydrogen (secondary N) is 3. The van der Waals surface area contributed by atoms with Crippen molar-refractivity contribution in [1.29, 1.82) is 0 Å². The van der Waals surface area contributed by atoms with E-state index < -0.39 is 0 Å². The maximum absolute atomic E-state index is 11.6. The summed E-state index contributed by atoms with van der Waals surface area (Å²) >= 11 is 1.89. The van der Waals surface area contributed by atoms with Gasteiger partial charge in [0.25, 0.3) is 0 Å². The number of nitrogens with zero attached hydrogens (tertiary/aromatic N) is 1. The molecular weight excluding hydrogens is 332 g/mol. The van der Waals surface area contributed by atoms with Crippen LogP contribution in [0.4, 0.5) is 5.69 Å². The van der Waals surface area contributed by atoms with Gasteiger partial charge in [0.15, 0.2) is 5.96 Å². The zero-order valence-electron chi connectivity index (χ0n) is 15.7. The molecule has 0 aliphatic rings. The van der Waals surface area contributed by atoms with Crippen molar-refractivity contribution in [3.05, 3.63) is 29.8 Å². The molecule has 0 aliphatic heterocycles. The number of hydrogen-bond acceptors (Lipinski definition) is 3. The number of amides is 1. The maximum atomic E-state index is 11.6. The number of benzene rings is 1. The molecule has 0 fully saturated rings. The monoisotopic (exact) mass is 364 g/mol. The average Bonchev–Trinajstić information content (AvgIpc) is 2.61. The normalized spacial score (nSPS) is 11.2. The number of thioether (sulfide) groups is 1. The predicted octanol–water partition coefficient (Wildman–Crippen LogP) is 3.62. The highest BCUT2D eigenvalue weighted by molar-refractivity contribution is 7.98. The summed E-state index contributed by atoms with van der Waals surface area (Å²) in [6.45, 7) is 6.47. The second-order valence-corrected chi connectivity index (χ2v) is 6.80. The van der Waals surface area contributed by atoms with Crippen LogP contribution in [0.1, 0.15) is 45.1 Å². The van der Waals surface area contributed by atoms with E-state index in [0.717, 1.165) is 43.1 Å². The van der Waals surface area contributed by atoms with Crippen molar-refractivity contribution in [3.63, 3.8) is 0 Å². The van der Waals surface area contributed by atoms with Crippen LogP contribution in [0.5, 0.6) is 0 Å². The highest BCUT2D eigenvalue weighted by Crippen LogP contribution is 2.11. The van der Waals surface area contributed by atoms with Crippen LogP contribution in [0.25, 0.3) is 0 Å². The van der Waals surface area contributed by atoms with E-state index in [1.165, 1.54) is 12.2 Å². The van der Waals surface area contributed by atoms with Crippen LogP contribution in [-0.2, 0) is 11.3 Å². The first-order valence-electron chi connectivity index (χ1n) is 9.09. The number of unbranched alkanes of at least 4 members (excludes halogenated alkanes) is 1. The number of guanidine groups is 1. The molecule has 0 radical (unpaired) electrons. The third kappa shape index (κ3) is 10.0. The summed E-state index contributed by atoms with van der Waals surface area (Å²) in [7, 11) is 0. The number of carbonyl (C=O) groups excluding carboxylic acids is 1. The van der Waals surface area contributed by atoms with Gasteiger partial charge in [0.1, 0.15) is 0 Å². The average molecular weight is 365 g/mol. The van der Waals surface area contributed by atoms with Crippen LogP contribution < -0.4 is 16.0 Å². The van der Waals surface area contributed by atoms with Crippen LogP contribution >= 0.6 is 11.8 Å². The molecule has 1 rings (SSSR count). The quantitative estimate of drug-likeness (QED) is 0.319. The first kappa shape index (κ1) is 21.4. The van der Waals surface area contributed by atoms with Crippen LogP contribution in [0, 0.1) is 0 Å². The lowest BCUT2D eigenvalue weighted by molar-refractivity contribution is -0.116. The topological polar surface area (TPSA) is 65.5 Å². The minimum Gasteiger partial charge on any atom is -0.357 e. The lowest BCUT2D eigenvalue weighted by Crippen LogP contribution is -2.37. The molecule has 0 heterocycles. The molecule has 0 aromatic heterocycles. The number of rotatable bonds is 11. The molecule has 5 nitrogen and oxygen atoms in total. The van der Waals surface area contributed by atoms with E-state index in [-0.39, 0.29) is 5.91 Å². The van der Waals surface area contributed by atoms with Crippen LogP contribution in [0.2, 0.25) is 0 Å². The number of hydrogen-bond donors (Lipinski definition) is 3. The van der Waals surface area contributed by atoms with Crippen molar-refractivity contribution < 1.29 is 4.79 Å². The fraction of sp³-hybridized carbons (Fsp3) is 0.579. The Labute approximate surface area is 156 Å². The Kier molecular flexibility index (Phi) is 11.6. The number of aliphatic imine (C=N–C) groups is 1. The molecule has 0 saturated heterocycles. The second-order valence-electron chi connectivity index (χ2n) is 5.82. The molecular formula is C19H32N4OS. The van der Waals surface area contributed by atoms with Gasteiger partial charge in [-0.15, -0.1) is 0 Å². The van der Waals surface area contributed by atoms with Gasteiger partial charge < -0.3 is 16.0 Å². The van der Waals surface area contributed by atoms with Gasteiger partial charge in [-0.05, 0) is 55.9 Å². The van der Waals surface area contributed by atoms with E-state index in [1.54, 1.807) is 0 Å². The van der Waals surface area contributed by atoms with Crippen LogP contribution in [0.15, 0.2) is 29.3 Å². The zero-order chi connectivity index (χ0) is 18.3. The summed E-state index contributed by atoms with van der Waals surface area (Å²) in [5.41, 5.74) is 1.96. The minimum atomic E-state index is 0.0633. The standard InChI is InChI=1S/C19H32N4OS/c1-4-8-18(24)23-17-11-9-16(10-12-17)15-22-19(20-5-2)21-13-6-7-14-25-3/h9-12H,4-8,13-15H2,1-3H3,(H,23,24)(H2,20,21,22). The van der Waals surface area contributed by atoms with Crippen molar-refractivity contribution >= 4 is 29.3 Å². The molecule has 0 spiro atoms. The second kappa shape index (κ2) is 13.6. The fourth-order valence-corrected chi connectivity index (χ4v) is 2.73. The van der Waals surface area contributed by atoms with Crippen molar-refractivity contribution in [3.8, 4) is 0 Å². The van der Waals surface area contributed by atoms with Crippen molar-refractivity contribution in [2.24, 2.45) is 4.99 Å². The van der Waals surface area contributed by atoms with Gasteiger partial charge in [0.05, 0.1) is 6.54 Å². The molecule has 0 atom stereocenters. The third-order valence-electron chi connectivity index (χ3n) is 3.55. The molecule has 0 saturated carbocycles. The first-order chi connectivity index (χ1) is 12.2. The van der Waals surface area contributed by atoms with E-state index in [0.29, 0.717) is 13.0 Å². The van der Waals surface area contributed by atoms with E-state index in [4.69, 9.17) is 0 Å². The van der Waals surface area contributed by atoms with Crippen molar-refractivity contribution in [1.82, 2.24) is 10.6 Å². The highest BCUT2D eigenvalue weighted by Gasteiger charge is 2.01. The molecule has 0 unspecified atom stereocenters. The summed E-state index contributed by atoms with van der Waals surface area (Å²) in [6, 6.07) is 7.88. The van der Waals surface area contributed by atoms with Gasteiger partial charge in [-0.3, -0.25) is 4.79 Å². The summed E-state index contributed by atoms with van der Waals surface area (Å²) in [5, 5.41) is 9.54. The molecule has 3 N–H and O–H groups in total. The Morgan fingerprint density at radius 3 is 2.52 bits per heavy atom. The van der Waals surface area contributed by atoms with Crippen molar-refractivity contribution in [2.45, 2.75) is 46.1 Å². The molecule has 1 aromatic rings. The Morgan fingerprint density at radius 2 is 1.88 bits per heavy atom. The van der Waals surface area contributed by atoms with Gasteiger partial charge in [0.2, 0.25) is 5.91 Å². The predicted molar refractivity (Wildman–Crippen MR) is 110 cm³/mol. The van der Waals surface area contributed by atoms with E-state index in [1.807, 2.05) is 43.0 Å². The molecule has 1 amide bonds. The smallest absolute Gasteiger partial charge is 0.224 e. The van der Waals surface area contributed by atoms with E-state index >= 15 is 0 Å². The Morgan fingerprint density at radius 1 is 1.12 bits per heavy atom. The lowest BCUT2D eigenvalue weighted by Gasteiger charge is -2.11. The molecule has 6 heteroatoms. The van der Waals surface area contributed by atoms with E-state index in [9.17, 15) is 4.79 Å². The summed E-state index contributed by atoms with van der Waals surface area (Å²) < 4.78 is 0. The zero-order valence-corrected chi connectivity index (χ0v) is 16.5. The molecule has 140 valence electrons. The molecule has 0 bridgehead atoms. The number of carbonyl (C=O) groups is 1. The summed E-state index contributed by atoms with van der Waals surface area (Å²) in [5.74, 6) is 2.12. The third-order valence-corrected chi connectivity index (χ3v) is 4.24. The molecule has 0 aliphatic carbocycles. The first-order valence-corrected chi connectivity index (χ1v) is 10.5. The van der Waals surface area contributed by atoms with Gasteiger partial charge in [-0.25, -0.2) is 4.99 Å². The number of anilines is 1. The van der Waals surface area contributed by atoms with Crippen LogP contribution in [-0.4, -0.2) is 37.0 Å². The van der Waals surface area contributed by atoms with Gasteiger partial charge in [-0.1, -0.05) is 19.1 Å². The SMILES string of the molecule is CCCC(=O)Nc1ccc(CN=C(NCC)NCCCCSC)cc1. The van der Waals surface area contributed by atoms with Crippen molar-refractivity contribution in [2.75, 3.05) is 30.4 Å².